The molecule has 0 aromatic carbocycles. The van der Waals surface area contributed by atoms with Crippen LogP contribution < -0.4 is 0 Å². The van der Waals surface area contributed by atoms with Crippen molar-refractivity contribution < 1.29 is 63.7 Å². The van der Waals surface area contributed by atoms with Crippen LogP contribution in [0, 0.1) is 0 Å². The van der Waals surface area contributed by atoms with Crippen molar-refractivity contribution in [2.24, 2.45) is 0 Å². The van der Waals surface area contributed by atoms with Crippen LogP contribution in [0.15, 0.2) is 48.6 Å². The first kappa shape index (κ1) is 30.6. The third-order valence-electron chi connectivity index (χ3n) is 3.88. The van der Waals surface area contributed by atoms with Gasteiger partial charge in [-0.25, -0.2) is 19.2 Å². The molecule has 0 aromatic rings. The van der Waals surface area contributed by atoms with E-state index >= 15 is 0 Å². The molecule has 13 nitrogen and oxygen atoms in total. The second-order valence-electron chi connectivity index (χ2n) is 7.30. The minimum Gasteiger partial charge on any atom is -0.419 e. The van der Waals surface area contributed by atoms with E-state index in [1.54, 1.807) is 0 Å². The Kier molecular flexibility index (Phi) is 10.1. The summed E-state index contributed by atoms with van der Waals surface area (Å²) in [6.07, 6.45) is -2.79. The van der Waals surface area contributed by atoms with Crippen LogP contribution in [0.3, 0.4) is 0 Å². The quantitative estimate of drug-likeness (QED) is 0.0952. The van der Waals surface area contributed by atoms with Crippen molar-refractivity contribution in [3.63, 3.8) is 0 Å². The predicted molar refractivity (Wildman–Crippen MR) is 112 cm³/mol. The van der Waals surface area contributed by atoms with Gasteiger partial charge < -0.3 is 44.5 Å². The predicted octanol–water partition coefficient (Wildman–Crippen LogP) is -1.16. The molecule has 34 heavy (non-hydrogen) atoms. The molecule has 0 radical (unpaired) electrons. The normalized spacial score (nSPS) is 15.4. The van der Waals surface area contributed by atoms with Gasteiger partial charge in [0.2, 0.25) is 0 Å². The highest BCUT2D eigenvalue weighted by atomic mass is 16.9. The van der Waals surface area contributed by atoms with Gasteiger partial charge in [-0.3, -0.25) is 0 Å². The molecule has 0 heterocycles. The molecule has 5 N–H and O–H groups in total. The van der Waals surface area contributed by atoms with Crippen LogP contribution in [0.4, 0.5) is 0 Å². The van der Waals surface area contributed by atoms with Gasteiger partial charge in [0.1, 0.15) is 6.10 Å². The average Bonchev–Trinajstić information content (AvgIpc) is 2.71. The second-order valence-corrected chi connectivity index (χ2v) is 7.30. The van der Waals surface area contributed by atoms with Gasteiger partial charge in [0, 0.05) is 22.3 Å². The number of aliphatic hydroxyl groups is 5. The minimum absolute atomic E-state index is 0.460. The lowest BCUT2D eigenvalue weighted by molar-refractivity contribution is -0.509. The molecular weight excluding hydrogens is 460 g/mol. The summed E-state index contributed by atoms with van der Waals surface area (Å²) in [5.41, 5.74) is -1.91. The molecule has 0 fully saturated rings. The molecule has 0 amide bonds. The summed E-state index contributed by atoms with van der Waals surface area (Å²) < 4.78 is 18.3. The van der Waals surface area contributed by atoms with E-state index in [0.717, 1.165) is 27.7 Å². The zero-order chi connectivity index (χ0) is 27.2. The third-order valence-corrected chi connectivity index (χ3v) is 3.88. The summed E-state index contributed by atoms with van der Waals surface area (Å²) in [7, 11) is 0. The molecule has 0 aliphatic rings. The van der Waals surface area contributed by atoms with Crippen LogP contribution in [-0.2, 0) is 38.1 Å². The highest BCUT2D eigenvalue weighted by molar-refractivity contribution is 5.90. The van der Waals surface area contributed by atoms with E-state index in [1.165, 1.54) is 0 Å². The van der Waals surface area contributed by atoms with Crippen molar-refractivity contribution in [3.8, 4) is 0 Å². The second kappa shape index (κ2) is 11.2. The minimum atomic E-state index is -4.38. The van der Waals surface area contributed by atoms with E-state index in [-0.39, 0.29) is 0 Å². The van der Waals surface area contributed by atoms with Crippen molar-refractivity contribution in [1.82, 2.24) is 0 Å². The zero-order valence-electron chi connectivity index (χ0n) is 19.1. The molecule has 0 saturated carbocycles. The molecule has 190 valence electrons. The monoisotopic (exact) mass is 488 g/mol. The maximum atomic E-state index is 12.3. The molecule has 13 heteroatoms. The Morgan fingerprint density at radius 3 is 1.26 bits per heavy atom. The van der Waals surface area contributed by atoms with E-state index in [0.29, 0.717) is 0 Å². The molecule has 0 aliphatic heterocycles. The maximum absolute atomic E-state index is 12.3. The average molecular weight is 488 g/mol. The first-order valence-corrected chi connectivity index (χ1v) is 9.31. The number of carbonyl (C=O) groups excluding carboxylic acids is 4. The first-order chi connectivity index (χ1) is 15.3. The number of ether oxygens (including phenoxy) is 4. The third kappa shape index (κ3) is 6.36. The number of hydrogen-bond donors (Lipinski definition) is 5. The fourth-order valence-electron chi connectivity index (χ4n) is 1.89. The molecule has 0 aliphatic carbocycles. The molecule has 3 atom stereocenters. The van der Waals surface area contributed by atoms with Gasteiger partial charge >= 0.3 is 41.4 Å². The van der Waals surface area contributed by atoms with Crippen molar-refractivity contribution in [1.29, 1.82) is 0 Å². The molecule has 0 rings (SSSR count). The smallest absolute Gasteiger partial charge is 0.419 e. The van der Waals surface area contributed by atoms with Gasteiger partial charge in [-0.2, -0.15) is 0 Å². The van der Waals surface area contributed by atoms with E-state index in [1.807, 2.05) is 0 Å². The Morgan fingerprint density at radius 1 is 0.676 bits per heavy atom. The van der Waals surface area contributed by atoms with Crippen LogP contribution in [0.5, 0.6) is 0 Å². The number of aliphatic hydroxyl groups excluding tert-OH is 2. The number of rotatable bonds is 12. The molecule has 0 aromatic heterocycles. The highest BCUT2D eigenvalue weighted by Crippen LogP contribution is 2.41. The molecule has 0 bridgehead atoms. The summed E-state index contributed by atoms with van der Waals surface area (Å²) in [5, 5.41) is 53.0. The maximum Gasteiger partial charge on any atom is 0.451 e. The van der Waals surface area contributed by atoms with E-state index in [9.17, 15) is 44.7 Å². The van der Waals surface area contributed by atoms with Crippen LogP contribution in [0.1, 0.15) is 27.7 Å². The first-order valence-electron chi connectivity index (χ1n) is 9.31. The topological polar surface area (TPSA) is 206 Å². The summed E-state index contributed by atoms with van der Waals surface area (Å²) in [4.78, 5) is 48.8. The van der Waals surface area contributed by atoms with Crippen LogP contribution in [0.2, 0.25) is 0 Å². The number of esters is 4. The largest absolute Gasteiger partial charge is 0.451 e. The van der Waals surface area contributed by atoms with Gasteiger partial charge in [0.15, 0.2) is 0 Å². The van der Waals surface area contributed by atoms with Crippen molar-refractivity contribution in [3.05, 3.63) is 48.6 Å². The van der Waals surface area contributed by atoms with Crippen LogP contribution >= 0.6 is 0 Å². The Hall–Kier alpha value is -3.36. The van der Waals surface area contributed by atoms with Gasteiger partial charge in [-0.05, 0) is 27.7 Å². The van der Waals surface area contributed by atoms with E-state index < -0.39 is 76.4 Å². The summed E-state index contributed by atoms with van der Waals surface area (Å²) in [6, 6.07) is 0. The Balaban J connectivity index is 7.40. The summed E-state index contributed by atoms with van der Waals surface area (Å²) in [5.74, 6) is -19.1. The van der Waals surface area contributed by atoms with Crippen LogP contribution in [0.25, 0.3) is 0 Å². The van der Waals surface area contributed by atoms with Crippen molar-refractivity contribution in [2.45, 2.75) is 51.3 Å². The fourth-order valence-corrected chi connectivity index (χ4v) is 1.89. The van der Waals surface area contributed by atoms with Gasteiger partial charge in [-0.15, -0.1) is 0 Å². The lowest BCUT2D eigenvalue weighted by Crippen LogP contribution is -2.77. The Bertz CT molecular complexity index is 890. The lowest BCUT2D eigenvalue weighted by Gasteiger charge is -2.47. The fraction of sp³-hybridized carbons (Fsp3) is 0.429. The highest BCUT2D eigenvalue weighted by Gasteiger charge is 2.77. The SMILES string of the molecule is C=C(C)C(=O)OC(O)(OC(=O)C(=C)C)[C@@](O)(OC(=O)C(=C)C)[C@](O)(OC(=O)C(=C)C)[C@H](O)CO. The summed E-state index contributed by atoms with van der Waals surface area (Å²) in [6.45, 7) is 15.5. The standard InChI is InChI=1S/C21H28O13/c1-10(2)15(24)31-19(28,14(23)9-22)20(29,32-16(25)11(3)4)21(30,33-17(26)12(5)6)34-18(27)13(7)8/h14,22-23,28-30H,1,3,5,7,9H2,2,4,6,8H3/t14-,19-,20+/m1/s1. The zero-order valence-corrected chi connectivity index (χ0v) is 19.1. The Labute approximate surface area is 194 Å². The van der Waals surface area contributed by atoms with Crippen molar-refractivity contribution >= 4 is 23.9 Å². The van der Waals surface area contributed by atoms with Gasteiger partial charge in [-0.1, -0.05) is 26.3 Å². The molecule has 0 unspecified atom stereocenters. The molecular formula is C21H28O13. The van der Waals surface area contributed by atoms with E-state index in [2.05, 4.69) is 45.3 Å². The molecule has 0 spiro atoms. The number of hydrogen-bond acceptors (Lipinski definition) is 13. The van der Waals surface area contributed by atoms with Gasteiger partial charge in [0.05, 0.1) is 6.61 Å². The van der Waals surface area contributed by atoms with Crippen LogP contribution in [-0.4, -0.2) is 79.7 Å². The lowest BCUT2D eigenvalue weighted by atomic mass is 9.96. The van der Waals surface area contributed by atoms with Gasteiger partial charge in [0.25, 0.3) is 0 Å². The van der Waals surface area contributed by atoms with E-state index in [4.69, 9.17) is 0 Å². The molecule has 0 saturated heterocycles. The van der Waals surface area contributed by atoms with Crippen molar-refractivity contribution in [2.75, 3.05) is 6.61 Å². The number of carbonyl (C=O) groups is 4. The summed E-state index contributed by atoms with van der Waals surface area (Å²) >= 11 is 0. The Morgan fingerprint density at radius 2 is 0.971 bits per heavy atom.